The fourth-order valence-corrected chi connectivity index (χ4v) is 0.944. The minimum absolute atomic E-state index is 0.413. The minimum atomic E-state index is 0.413. The summed E-state index contributed by atoms with van der Waals surface area (Å²) in [7, 11) is 3.82. The summed E-state index contributed by atoms with van der Waals surface area (Å²) >= 11 is 0. The Hall–Kier alpha value is -0.160. The van der Waals surface area contributed by atoms with E-state index >= 15 is 0 Å². The van der Waals surface area contributed by atoms with Gasteiger partial charge in [-0.05, 0) is 14.0 Å². The van der Waals surface area contributed by atoms with Crippen LogP contribution in [-0.2, 0) is 4.74 Å². The topological polar surface area (TPSA) is 50.5 Å². The van der Waals surface area contributed by atoms with Crippen LogP contribution in [0.1, 0.15) is 6.92 Å². The van der Waals surface area contributed by atoms with Gasteiger partial charge in [-0.15, -0.1) is 0 Å². The van der Waals surface area contributed by atoms with Crippen molar-refractivity contribution in [2.24, 2.45) is 5.73 Å². The number of ether oxygens (including phenoxy) is 1. The van der Waals surface area contributed by atoms with Gasteiger partial charge in [0.2, 0.25) is 0 Å². The van der Waals surface area contributed by atoms with Gasteiger partial charge in [0.25, 0.3) is 0 Å². The van der Waals surface area contributed by atoms with E-state index < -0.39 is 0 Å². The highest BCUT2D eigenvalue weighted by Crippen LogP contribution is 1.82. The summed E-state index contributed by atoms with van der Waals surface area (Å²) in [5.41, 5.74) is 5.47. The number of hydrogen-bond donors (Lipinski definition) is 2. The Labute approximate surface area is 81.4 Å². The molecule has 0 aromatic rings. The molecule has 0 fully saturated rings. The molecule has 1 atom stereocenters. The zero-order valence-corrected chi connectivity index (χ0v) is 9.05. The number of nitrogens with two attached hydrogens (primary N) is 1. The van der Waals surface area contributed by atoms with E-state index in [0.29, 0.717) is 12.6 Å². The van der Waals surface area contributed by atoms with E-state index in [-0.39, 0.29) is 0 Å². The van der Waals surface area contributed by atoms with Gasteiger partial charge in [0, 0.05) is 39.3 Å². The van der Waals surface area contributed by atoms with Crippen molar-refractivity contribution in [2.75, 3.05) is 46.9 Å². The van der Waals surface area contributed by atoms with Crippen LogP contribution in [0.5, 0.6) is 0 Å². The normalized spacial score (nSPS) is 13.6. The first kappa shape index (κ1) is 12.8. The van der Waals surface area contributed by atoms with Crippen molar-refractivity contribution in [1.29, 1.82) is 0 Å². The van der Waals surface area contributed by atoms with Crippen LogP contribution in [0.15, 0.2) is 0 Å². The average Bonchev–Trinajstić information content (AvgIpc) is 2.14. The number of hydrogen-bond acceptors (Lipinski definition) is 4. The Balaban J connectivity index is 3.21. The quantitative estimate of drug-likeness (QED) is 0.540. The zero-order valence-electron chi connectivity index (χ0n) is 9.05. The van der Waals surface area contributed by atoms with E-state index in [1.165, 1.54) is 0 Å². The average molecular weight is 189 g/mol. The second-order valence-electron chi connectivity index (χ2n) is 3.39. The van der Waals surface area contributed by atoms with Crippen molar-refractivity contribution in [3.8, 4) is 0 Å². The highest BCUT2D eigenvalue weighted by molar-refractivity contribution is 4.62. The number of nitrogens with one attached hydrogen (secondary N) is 1. The van der Waals surface area contributed by atoms with E-state index in [1.54, 1.807) is 7.11 Å². The number of rotatable bonds is 8. The fourth-order valence-electron chi connectivity index (χ4n) is 0.944. The van der Waals surface area contributed by atoms with Gasteiger partial charge in [-0.1, -0.05) is 0 Å². The monoisotopic (exact) mass is 189 g/mol. The first-order valence-electron chi connectivity index (χ1n) is 4.81. The Bertz CT molecular complexity index is 111. The summed E-state index contributed by atoms with van der Waals surface area (Å²) in [6.07, 6.45) is 0. The first-order chi connectivity index (χ1) is 6.20. The molecule has 0 rings (SSSR count). The van der Waals surface area contributed by atoms with Crippen LogP contribution in [0.4, 0.5) is 0 Å². The van der Waals surface area contributed by atoms with Crippen LogP contribution in [-0.4, -0.2) is 57.9 Å². The molecule has 0 spiro atoms. The van der Waals surface area contributed by atoms with E-state index in [2.05, 4.69) is 24.2 Å². The fraction of sp³-hybridized carbons (Fsp3) is 1.00. The number of methoxy groups -OCH3 is 1. The van der Waals surface area contributed by atoms with Gasteiger partial charge in [-0.2, -0.15) is 0 Å². The summed E-state index contributed by atoms with van der Waals surface area (Å²) in [5.74, 6) is 0. The molecule has 80 valence electrons. The second-order valence-corrected chi connectivity index (χ2v) is 3.39. The van der Waals surface area contributed by atoms with Crippen LogP contribution in [0, 0.1) is 0 Å². The third-order valence-electron chi connectivity index (χ3n) is 2.02. The molecule has 0 aromatic carbocycles. The zero-order chi connectivity index (χ0) is 10.1. The summed E-state index contributed by atoms with van der Waals surface area (Å²) in [4.78, 5) is 2.24. The van der Waals surface area contributed by atoms with Crippen molar-refractivity contribution < 1.29 is 4.74 Å². The Morgan fingerprint density at radius 2 is 2.15 bits per heavy atom. The maximum Gasteiger partial charge on any atom is 0.0589 e. The lowest BCUT2D eigenvalue weighted by Gasteiger charge is -2.18. The molecular weight excluding hydrogens is 166 g/mol. The van der Waals surface area contributed by atoms with E-state index in [0.717, 1.165) is 26.2 Å². The van der Waals surface area contributed by atoms with E-state index in [4.69, 9.17) is 10.5 Å². The second kappa shape index (κ2) is 8.44. The van der Waals surface area contributed by atoms with Crippen LogP contribution in [0.3, 0.4) is 0 Å². The van der Waals surface area contributed by atoms with Gasteiger partial charge in [0.15, 0.2) is 0 Å². The van der Waals surface area contributed by atoms with Crippen molar-refractivity contribution >= 4 is 0 Å². The summed E-state index contributed by atoms with van der Waals surface area (Å²) in [6, 6.07) is 0.413. The molecule has 0 amide bonds. The standard InChI is InChI=1S/C9H23N3O/c1-9(8-10)11-4-5-12(2)6-7-13-3/h9,11H,4-8,10H2,1-3H3. The molecule has 0 saturated heterocycles. The molecule has 13 heavy (non-hydrogen) atoms. The van der Waals surface area contributed by atoms with Gasteiger partial charge in [0.05, 0.1) is 6.61 Å². The SMILES string of the molecule is COCCN(C)CCNC(C)CN. The Kier molecular flexibility index (Phi) is 8.33. The van der Waals surface area contributed by atoms with Gasteiger partial charge < -0.3 is 20.7 Å². The Morgan fingerprint density at radius 1 is 1.46 bits per heavy atom. The summed E-state index contributed by atoms with van der Waals surface area (Å²) in [6.45, 7) is 6.58. The third kappa shape index (κ3) is 8.18. The van der Waals surface area contributed by atoms with Gasteiger partial charge >= 0.3 is 0 Å². The van der Waals surface area contributed by atoms with Gasteiger partial charge in [-0.25, -0.2) is 0 Å². The molecule has 0 aromatic heterocycles. The molecule has 1 unspecified atom stereocenters. The lowest BCUT2D eigenvalue weighted by molar-refractivity contribution is 0.161. The van der Waals surface area contributed by atoms with Crippen molar-refractivity contribution in [3.63, 3.8) is 0 Å². The smallest absolute Gasteiger partial charge is 0.0589 e. The molecule has 0 radical (unpaired) electrons. The number of nitrogens with zero attached hydrogens (tertiary/aromatic N) is 1. The van der Waals surface area contributed by atoms with Crippen molar-refractivity contribution in [1.82, 2.24) is 10.2 Å². The molecule has 0 aliphatic carbocycles. The Morgan fingerprint density at radius 3 is 2.69 bits per heavy atom. The van der Waals surface area contributed by atoms with Crippen LogP contribution >= 0.6 is 0 Å². The molecule has 4 heteroatoms. The molecule has 0 saturated carbocycles. The van der Waals surface area contributed by atoms with E-state index in [1.807, 2.05) is 0 Å². The molecule has 4 nitrogen and oxygen atoms in total. The van der Waals surface area contributed by atoms with Crippen molar-refractivity contribution in [2.45, 2.75) is 13.0 Å². The third-order valence-corrected chi connectivity index (χ3v) is 2.02. The van der Waals surface area contributed by atoms with Gasteiger partial charge in [-0.3, -0.25) is 0 Å². The molecule has 0 bridgehead atoms. The largest absolute Gasteiger partial charge is 0.383 e. The summed E-state index contributed by atoms with van der Waals surface area (Å²) in [5, 5.41) is 3.33. The summed E-state index contributed by atoms with van der Waals surface area (Å²) < 4.78 is 4.98. The molecular formula is C9H23N3O. The van der Waals surface area contributed by atoms with Gasteiger partial charge in [0.1, 0.15) is 0 Å². The number of likely N-dealkylation sites (N-methyl/N-ethyl adjacent to an activating group) is 1. The molecule has 0 aliphatic rings. The lowest BCUT2D eigenvalue weighted by Crippen LogP contribution is -2.38. The predicted octanol–water partition coefficient (Wildman–Crippen LogP) is -0.499. The predicted molar refractivity (Wildman–Crippen MR) is 55.9 cm³/mol. The van der Waals surface area contributed by atoms with Crippen molar-refractivity contribution in [3.05, 3.63) is 0 Å². The first-order valence-corrected chi connectivity index (χ1v) is 4.81. The highest BCUT2D eigenvalue weighted by atomic mass is 16.5. The lowest BCUT2D eigenvalue weighted by atomic mass is 10.3. The molecule has 3 N–H and O–H groups in total. The van der Waals surface area contributed by atoms with Crippen LogP contribution in [0.2, 0.25) is 0 Å². The molecule has 0 heterocycles. The van der Waals surface area contributed by atoms with Crippen LogP contribution < -0.4 is 11.1 Å². The maximum atomic E-state index is 5.47. The van der Waals surface area contributed by atoms with E-state index in [9.17, 15) is 0 Å². The maximum absolute atomic E-state index is 5.47. The minimum Gasteiger partial charge on any atom is -0.383 e. The highest BCUT2D eigenvalue weighted by Gasteiger charge is 1.99. The molecule has 0 aliphatic heterocycles. The van der Waals surface area contributed by atoms with Crippen LogP contribution in [0.25, 0.3) is 0 Å².